The van der Waals surface area contributed by atoms with Gasteiger partial charge in [-0.2, -0.15) is 11.8 Å². The molecular weight excluding hydrogens is 392 g/mol. The van der Waals surface area contributed by atoms with E-state index in [-0.39, 0.29) is 0 Å². The zero-order chi connectivity index (χ0) is 20.8. The van der Waals surface area contributed by atoms with Gasteiger partial charge < -0.3 is 10.2 Å². The summed E-state index contributed by atoms with van der Waals surface area (Å²) < 4.78 is 0. The van der Waals surface area contributed by atoms with Crippen molar-refractivity contribution >= 4 is 28.5 Å². The van der Waals surface area contributed by atoms with Crippen LogP contribution in [0, 0.1) is 0 Å². The van der Waals surface area contributed by atoms with Crippen molar-refractivity contribution in [1.29, 1.82) is 0 Å². The SMILES string of the molecule is CN(C)CCCNc1nc(CN2CCN(C3CCSCC3)CC2)nc2ccccc12. The third kappa shape index (κ3) is 5.84. The van der Waals surface area contributed by atoms with Crippen molar-refractivity contribution in [3.63, 3.8) is 0 Å². The van der Waals surface area contributed by atoms with Crippen LogP contribution in [0.5, 0.6) is 0 Å². The van der Waals surface area contributed by atoms with Gasteiger partial charge in [0.05, 0.1) is 12.1 Å². The maximum Gasteiger partial charge on any atom is 0.145 e. The molecule has 1 N–H and O–H groups in total. The summed E-state index contributed by atoms with van der Waals surface area (Å²) in [6.07, 6.45) is 3.82. The number of piperazine rings is 1. The van der Waals surface area contributed by atoms with Gasteiger partial charge in [0.25, 0.3) is 0 Å². The monoisotopic (exact) mass is 428 g/mol. The lowest BCUT2D eigenvalue weighted by Gasteiger charge is -2.40. The van der Waals surface area contributed by atoms with Crippen LogP contribution in [0.15, 0.2) is 24.3 Å². The van der Waals surface area contributed by atoms with Gasteiger partial charge >= 0.3 is 0 Å². The van der Waals surface area contributed by atoms with Crippen LogP contribution in [0.1, 0.15) is 25.1 Å². The number of fused-ring (bicyclic) bond motifs is 1. The van der Waals surface area contributed by atoms with E-state index in [2.05, 4.69) is 70.1 Å². The molecule has 2 aliphatic rings. The van der Waals surface area contributed by atoms with Gasteiger partial charge in [0.1, 0.15) is 11.6 Å². The van der Waals surface area contributed by atoms with Crippen LogP contribution in [0.25, 0.3) is 10.9 Å². The van der Waals surface area contributed by atoms with E-state index in [9.17, 15) is 0 Å². The second-order valence-electron chi connectivity index (χ2n) is 8.74. The molecule has 1 aromatic carbocycles. The van der Waals surface area contributed by atoms with Gasteiger partial charge in [0, 0.05) is 44.2 Å². The molecule has 0 atom stereocenters. The number of hydrogen-bond acceptors (Lipinski definition) is 7. The van der Waals surface area contributed by atoms with Gasteiger partial charge in [-0.1, -0.05) is 12.1 Å². The molecule has 4 rings (SSSR count). The van der Waals surface area contributed by atoms with E-state index in [1.165, 1.54) is 37.4 Å². The first kappa shape index (κ1) is 21.8. The van der Waals surface area contributed by atoms with Gasteiger partial charge in [-0.05, 0) is 63.5 Å². The third-order valence-electron chi connectivity index (χ3n) is 6.20. The summed E-state index contributed by atoms with van der Waals surface area (Å²) >= 11 is 2.11. The summed E-state index contributed by atoms with van der Waals surface area (Å²) in [6, 6.07) is 9.16. The molecule has 0 saturated carbocycles. The molecule has 6 nitrogen and oxygen atoms in total. The molecule has 30 heavy (non-hydrogen) atoms. The number of nitrogens with one attached hydrogen (secondary N) is 1. The molecule has 0 amide bonds. The highest BCUT2D eigenvalue weighted by molar-refractivity contribution is 7.99. The van der Waals surface area contributed by atoms with Crippen LogP contribution in [0.3, 0.4) is 0 Å². The number of nitrogens with zero attached hydrogens (tertiary/aromatic N) is 5. The predicted molar refractivity (Wildman–Crippen MR) is 128 cm³/mol. The normalized spacial score (nSPS) is 19.6. The van der Waals surface area contributed by atoms with Gasteiger partial charge in [0.15, 0.2) is 0 Å². The number of para-hydroxylation sites is 1. The fourth-order valence-corrected chi connectivity index (χ4v) is 5.55. The first-order valence-corrected chi connectivity index (χ1v) is 12.5. The number of aromatic nitrogens is 2. The molecule has 2 aliphatic heterocycles. The first-order valence-electron chi connectivity index (χ1n) is 11.4. The Balaban J connectivity index is 1.37. The van der Waals surface area contributed by atoms with Gasteiger partial charge in [-0.25, -0.2) is 9.97 Å². The summed E-state index contributed by atoms with van der Waals surface area (Å²) in [4.78, 5) is 17.3. The Morgan fingerprint density at radius 2 is 1.83 bits per heavy atom. The zero-order valence-corrected chi connectivity index (χ0v) is 19.3. The minimum Gasteiger partial charge on any atom is -0.369 e. The second-order valence-corrected chi connectivity index (χ2v) is 9.97. The van der Waals surface area contributed by atoms with Crippen molar-refractivity contribution in [2.45, 2.75) is 31.8 Å². The highest BCUT2D eigenvalue weighted by Gasteiger charge is 2.25. The minimum absolute atomic E-state index is 0.809. The lowest BCUT2D eigenvalue weighted by molar-refractivity contribution is 0.0866. The summed E-state index contributed by atoms with van der Waals surface area (Å²) in [7, 11) is 4.23. The number of thioether (sulfide) groups is 1. The fraction of sp³-hybridized carbons (Fsp3) is 0.652. The van der Waals surface area contributed by atoms with Crippen molar-refractivity contribution in [3.05, 3.63) is 30.1 Å². The largest absolute Gasteiger partial charge is 0.369 e. The van der Waals surface area contributed by atoms with Crippen molar-refractivity contribution in [3.8, 4) is 0 Å². The highest BCUT2D eigenvalue weighted by Crippen LogP contribution is 2.24. The van der Waals surface area contributed by atoms with Gasteiger partial charge in [-0.3, -0.25) is 9.80 Å². The average molecular weight is 429 g/mol. The Kier molecular flexibility index (Phi) is 7.82. The van der Waals surface area contributed by atoms with Crippen LogP contribution in [-0.2, 0) is 6.54 Å². The lowest BCUT2D eigenvalue weighted by Crippen LogP contribution is -2.50. The summed E-state index contributed by atoms with van der Waals surface area (Å²) in [5.74, 6) is 4.58. The molecule has 2 fully saturated rings. The van der Waals surface area contributed by atoms with Gasteiger partial charge in [-0.15, -0.1) is 0 Å². The van der Waals surface area contributed by atoms with Gasteiger partial charge in [0.2, 0.25) is 0 Å². The van der Waals surface area contributed by atoms with E-state index in [0.29, 0.717) is 0 Å². The van der Waals surface area contributed by atoms with E-state index < -0.39 is 0 Å². The van der Waals surface area contributed by atoms with E-state index >= 15 is 0 Å². The van der Waals surface area contributed by atoms with Crippen molar-refractivity contribution in [2.75, 3.05) is 70.2 Å². The van der Waals surface area contributed by atoms with E-state index in [1.54, 1.807) is 0 Å². The molecule has 0 spiro atoms. The van der Waals surface area contributed by atoms with Crippen LogP contribution in [-0.4, -0.2) is 95.6 Å². The van der Waals surface area contributed by atoms with Crippen molar-refractivity contribution in [2.24, 2.45) is 0 Å². The maximum absolute atomic E-state index is 4.93. The quantitative estimate of drug-likeness (QED) is 0.649. The predicted octanol–water partition coefficient (Wildman–Crippen LogP) is 3.01. The number of hydrogen-bond donors (Lipinski definition) is 1. The van der Waals surface area contributed by atoms with Crippen LogP contribution in [0.4, 0.5) is 5.82 Å². The summed E-state index contributed by atoms with van der Waals surface area (Å²) in [5.41, 5.74) is 1.04. The molecule has 2 aromatic rings. The average Bonchev–Trinajstić information content (AvgIpc) is 2.77. The number of anilines is 1. The molecule has 0 radical (unpaired) electrons. The molecule has 2 saturated heterocycles. The summed E-state index contributed by atoms with van der Waals surface area (Å²) in [6.45, 7) is 7.43. The van der Waals surface area contributed by atoms with Crippen molar-refractivity contribution < 1.29 is 0 Å². The number of rotatable bonds is 8. The Labute approximate surface area is 185 Å². The topological polar surface area (TPSA) is 47.5 Å². The maximum atomic E-state index is 4.93. The van der Waals surface area contributed by atoms with Crippen LogP contribution >= 0.6 is 11.8 Å². The Morgan fingerprint density at radius 1 is 1.07 bits per heavy atom. The Bertz CT molecular complexity index is 799. The minimum atomic E-state index is 0.809. The molecule has 0 unspecified atom stereocenters. The van der Waals surface area contributed by atoms with Crippen LogP contribution < -0.4 is 5.32 Å². The molecular formula is C23H36N6S. The highest BCUT2D eigenvalue weighted by atomic mass is 32.2. The molecule has 0 aliphatic carbocycles. The van der Waals surface area contributed by atoms with Crippen molar-refractivity contribution in [1.82, 2.24) is 24.7 Å². The van der Waals surface area contributed by atoms with Crippen LogP contribution in [0.2, 0.25) is 0 Å². The van der Waals surface area contributed by atoms with E-state index in [1.807, 2.05) is 0 Å². The molecule has 164 valence electrons. The second kappa shape index (κ2) is 10.8. The third-order valence-corrected chi connectivity index (χ3v) is 7.25. The smallest absolute Gasteiger partial charge is 0.145 e. The molecule has 7 heteroatoms. The standard InChI is InChI=1S/C23H36N6S/c1-27(2)11-5-10-24-23-20-6-3-4-7-21(20)25-22(26-23)18-28-12-14-29(15-13-28)19-8-16-30-17-9-19/h3-4,6-7,19H,5,8-18H2,1-2H3,(H,24,25,26). The van der Waals surface area contributed by atoms with E-state index in [0.717, 1.165) is 67.7 Å². The number of benzene rings is 1. The Morgan fingerprint density at radius 3 is 2.60 bits per heavy atom. The molecule has 3 heterocycles. The lowest BCUT2D eigenvalue weighted by atomic mass is 10.1. The molecule has 0 bridgehead atoms. The Hall–Kier alpha value is -1.41. The fourth-order valence-electron chi connectivity index (χ4n) is 4.47. The summed E-state index contributed by atoms with van der Waals surface area (Å²) in [5, 5.41) is 4.68. The zero-order valence-electron chi connectivity index (χ0n) is 18.5. The first-order chi connectivity index (χ1) is 14.7. The van der Waals surface area contributed by atoms with E-state index in [4.69, 9.17) is 9.97 Å². The molecule has 1 aromatic heterocycles.